The topological polar surface area (TPSA) is 15.6 Å². The molecule has 78 valence electrons. The van der Waals surface area contributed by atoms with Crippen LogP contribution in [0.5, 0.6) is 0 Å². The fourth-order valence-corrected chi connectivity index (χ4v) is 2.50. The van der Waals surface area contributed by atoms with Crippen molar-refractivity contribution in [1.82, 2.24) is 4.90 Å². The highest BCUT2D eigenvalue weighted by molar-refractivity contribution is 5.23. The summed E-state index contributed by atoms with van der Waals surface area (Å²) in [6.07, 6.45) is 10.3. The summed E-state index contributed by atoms with van der Waals surface area (Å²) in [5.74, 6) is 0. The van der Waals surface area contributed by atoms with Crippen LogP contribution in [0.4, 0.5) is 0 Å². The van der Waals surface area contributed by atoms with Gasteiger partial charge in [0.05, 0.1) is 0 Å². The van der Waals surface area contributed by atoms with Crippen LogP contribution in [0.15, 0.2) is 4.99 Å². The average molecular weight is 192 g/mol. The first kappa shape index (κ1) is 11.1. The van der Waals surface area contributed by atoms with Gasteiger partial charge in [0.1, 0.15) is 0 Å². The predicted octanol–water partition coefficient (Wildman–Crippen LogP) is 2.16. The Kier molecular flexibility index (Phi) is 4.00. The number of aliphatic imine (C=N–C) groups is 1. The molecule has 1 saturated heterocycles. The second-order valence-electron chi connectivity index (χ2n) is 4.29. The van der Waals surface area contributed by atoms with Crippen LogP contribution in [0.2, 0.25) is 0 Å². The maximum Gasteiger partial charge on any atom is 0.0455 e. The maximum absolute atomic E-state index is 5.45. The van der Waals surface area contributed by atoms with Crippen LogP contribution in [0.25, 0.3) is 0 Å². The van der Waals surface area contributed by atoms with Gasteiger partial charge in [0, 0.05) is 31.1 Å². The molecule has 0 radical (unpaired) electrons. The van der Waals surface area contributed by atoms with E-state index in [0.717, 1.165) is 19.6 Å². The molecule has 1 aliphatic rings. The Hall–Kier alpha value is -0.970. The van der Waals surface area contributed by atoms with E-state index in [4.69, 9.17) is 6.42 Å². The van der Waals surface area contributed by atoms with Crippen molar-refractivity contribution in [3.63, 3.8) is 0 Å². The molecule has 2 nitrogen and oxygen atoms in total. The molecule has 2 heteroatoms. The van der Waals surface area contributed by atoms with Gasteiger partial charge in [-0.05, 0) is 26.0 Å². The van der Waals surface area contributed by atoms with E-state index < -0.39 is 0 Å². The quantitative estimate of drug-likeness (QED) is 0.492. The van der Waals surface area contributed by atoms with Crippen molar-refractivity contribution in [1.29, 1.82) is 0 Å². The van der Waals surface area contributed by atoms with Gasteiger partial charge >= 0.3 is 0 Å². The van der Waals surface area contributed by atoms with Gasteiger partial charge in [0.2, 0.25) is 0 Å². The number of hydrogen-bond acceptors (Lipinski definition) is 2. The van der Waals surface area contributed by atoms with Crippen LogP contribution in [0, 0.1) is 17.9 Å². The zero-order valence-corrected chi connectivity index (χ0v) is 9.13. The van der Waals surface area contributed by atoms with E-state index in [1.807, 2.05) is 0 Å². The van der Waals surface area contributed by atoms with Crippen molar-refractivity contribution in [2.45, 2.75) is 32.6 Å². The minimum absolute atomic E-state index is 0.307. The van der Waals surface area contributed by atoms with Gasteiger partial charge in [-0.25, -0.2) is 0 Å². The monoisotopic (exact) mass is 192 g/mol. The number of nitrogens with zero attached hydrogens (tertiary/aromatic N) is 2. The Morgan fingerprint density at radius 1 is 1.64 bits per heavy atom. The molecule has 1 rings (SSSR count). The van der Waals surface area contributed by atoms with E-state index >= 15 is 0 Å². The number of likely N-dealkylation sites (tertiary alicyclic amines) is 1. The Balaban J connectivity index is 2.65. The van der Waals surface area contributed by atoms with Gasteiger partial charge in [-0.15, -0.1) is 0 Å². The third-order valence-corrected chi connectivity index (χ3v) is 3.07. The summed E-state index contributed by atoms with van der Waals surface area (Å²) < 4.78 is 0. The van der Waals surface area contributed by atoms with Gasteiger partial charge in [0.15, 0.2) is 0 Å². The lowest BCUT2D eigenvalue weighted by Gasteiger charge is -2.40. The molecular formula is C12H20N2. The first-order valence-electron chi connectivity index (χ1n) is 5.40. The minimum atomic E-state index is 0.307. The predicted molar refractivity (Wildman–Crippen MR) is 61.4 cm³/mol. The molecule has 0 aromatic carbocycles. The molecule has 1 aliphatic heterocycles. The lowest BCUT2D eigenvalue weighted by molar-refractivity contribution is 0.128. The Labute approximate surface area is 87.4 Å². The smallest absolute Gasteiger partial charge is 0.0455 e. The maximum atomic E-state index is 5.45. The molecule has 0 bridgehead atoms. The number of terminal acetylenes is 1. The third-order valence-electron chi connectivity index (χ3n) is 3.07. The molecule has 0 aromatic heterocycles. The third kappa shape index (κ3) is 2.51. The normalized spacial score (nSPS) is 27.0. The van der Waals surface area contributed by atoms with E-state index in [0.29, 0.717) is 5.41 Å². The second-order valence-corrected chi connectivity index (χ2v) is 4.29. The van der Waals surface area contributed by atoms with E-state index in [2.05, 4.69) is 29.6 Å². The zero-order valence-electron chi connectivity index (χ0n) is 9.13. The highest BCUT2D eigenvalue weighted by atomic mass is 15.1. The highest BCUT2D eigenvalue weighted by Gasteiger charge is 2.33. The molecule has 0 amide bonds. The fourth-order valence-electron chi connectivity index (χ4n) is 2.50. The summed E-state index contributed by atoms with van der Waals surface area (Å²) in [4.78, 5) is 6.16. The summed E-state index contributed by atoms with van der Waals surface area (Å²) in [5.41, 5.74) is 0.307. The first-order chi connectivity index (χ1) is 6.76. The van der Waals surface area contributed by atoms with Crippen molar-refractivity contribution >= 4 is 6.72 Å². The van der Waals surface area contributed by atoms with Crippen LogP contribution in [-0.2, 0) is 0 Å². The van der Waals surface area contributed by atoms with Crippen molar-refractivity contribution in [3.05, 3.63) is 0 Å². The standard InChI is InChI=1S/C12H20N2/c1-4-7-12(10-13-3)8-6-9-14(5-2)11-12/h2H,3-4,6-11H2,1H3. The van der Waals surface area contributed by atoms with Crippen molar-refractivity contribution in [3.8, 4) is 12.5 Å². The first-order valence-corrected chi connectivity index (χ1v) is 5.40. The van der Waals surface area contributed by atoms with E-state index in [1.54, 1.807) is 0 Å². The lowest BCUT2D eigenvalue weighted by Crippen LogP contribution is -2.42. The average Bonchev–Trinajstić information content (AvgIpc) is 2.19. The summed E-state index contributed by atoms with van der Waals surface area (Å²) >= 11 is 0. The Morgan fingerprint density at radius 2 is 2.43 bits per heavy atom. The van der Waals surface area contributed by atoms with Crippen LogP contribution in [0.1, 0.15) is 32.6 Å². The van der Waals surface area contributed by atoms with Crippen LogP contribution in [0.3, 0.4) is 0 Å². The van der Waals surface area contributed by atoms with Gasteiger partial charge in [-0.3, -0.25) is 0 Å². The molecule has 0 spiro atoms. The van der Waals surface area contributed by atoms with Crippen molar-refractivity contribution in [2.24, 2.45) is 10.4 Å². The molecule has 0 N–H and O–H groups in total. The van der Waals surface area contributed by atoms with Gasteiger partial charge < -0.3 is 9.89 Å². The molecule has 1 heterocycles. The lowest BCUT2D eigenvalue weighted by atomic mass is 9.76. The summed E-state index contributed by atoms with van der Waals surface area (Å²) in [5, 5.41) is 0. The molecule has 0 saturated carbocycles. The van der Waals surface area contributed by atoms with Gasteiger partial charge in [0.25, 0.3) is 0 Å². The molecule has 14 heavy (non-hydrogen) atoms. The number of hydrogen-bond donors (Lipinski definition) is 0. The Bertz CT molecular complexity index is 225. The summed E-state index contributed by atoms with van der Waals surface area (Å²) in [7, 11) is 0. The van der Waals surface area contributed by atoms with Gasteiger partial charge in [-0.1, -0.05) is 19.8 Å². The molecule has 1 fully saturated rings. The fraction of sp³-hybridized carbons (Fsp3) is 0.750. The molecule has 1 unspecified atom stereocenters. The van der Waals surface area contributed by atoms with Gasteiger partial charge in [-0.2, -0.15) is 0 Å². The molecule has 0 aromatic rings. The van der Waals surface area contributed by atoms with Crippen molar-refractivity contribution < 1.29 is 0 Å². The minimum Gasteiger partial charge on any atom is -0.332 e. The number of piperidine rings is 1. The van der Waals surface area contributed by atoms with E-state index in [9.17, 15) is 0 Å². The van der Waals surface area contributed by atoms with Crippen LogP contribution in [-0.4, -0.2) is 31.3 Å². The zero-order chi connectivity index (χ0) is 10.4. The second kappa shape index (κ2) is 5.05. The molecule has 0 aliphatic carbocycles. The van der Waals surface area contributed by atoms with Crippen LogP contribution >= 0.6 is 0 Å². The van der Waals surface area contributed by atoms with E-state index in [1.165, 1.54) is 25.7 Å². The molecule has 1 atom stereocenters. The largest absolute Gasteiger partial charge is 0.332 e. The van der Waals surface area contributed by atoms with Crippen molar-refractivity contribution in [2.75, 3.05) is 19.6 Å². The number of rotatable bonds is 4. The Morgan fingerprint density at radius 3 is 3.00 bits per heavy atom. The van der Waals surface area contributed by atoms with E-state index in [-0.39, 0.29) is 0 Å². The van der Waals surface area contributed by atoms with Crippen LogP contribution < -0.4 is 0 Å². The highest BCUT2D eigenvalue weighted by Crippen LogP contribution is 2.34. The SMILES string of the molecule is C#CN1CCCC(CCC)(CN=C)C1. The summed E-state index contributed by atoms with van der Waals surface area (Å²) in [6, 6.07) is 2.75. The summed E-state index contributed by atoms with van der Waals surface area (Å²) in [6.45, 7) is 8.73. The molecular weight excluding hydrogens is 172 g/mol.